The maximum atomic E-state index is 5.77. The number of hydrogen-bond donors (Lipinski definition) is 1. The van der Waals surface area contributed by atoms with Gasteiger partial charge in [-0.3, -0.25) is 4.98 Å². The van der Waals surface area contributed by atoms with E-state index in [-0.39, 0.29) is 6.04 Å². The van der Waals surface area contributed by atoms with Crippen LogP contribution in [0.5, 0.6) is 0 Å². The minimum atomic E-state index is 0.272. The summed E-state index contributed by atoms with van der Waals surface area (Å²) in [6.07, 6.45) is 1.82. The smallest absolute Gasteiger partial charge is 0.147 e. The van der Waals surface area contributed by atoms with E-state index in [0.29, 0.717) is 0 Å². The third-order valence-corrected chi connectivity index (χ3v) is 3.65. The Bertz CT molecular complexity index is 593. The molecule has 0 unspecified atom stereocenters. The van der Waals surface area contributed by atoms with E-state index in [2.05, 4.69) is 21.4 Å². The third kappa shape index (κ3) is 2.07. The largest absolute Gasteiger partial charge is 0.352 e. The van der Waals surface area contributed by atoms with E-state index in [0.717, 1.165) is 34.8 Å². The van der Waals surface area contributed by atoms with Gasteiger partial charge in [-0.2, -0.15) is 0 Å². The Morgan fingerprint density at radius 3 is 2.94 bits per heavy atom. The molecule has 5 heteroatoms. The molecule has 1 fully saturated rings. The first-order valence-electron chi connectivity index (χ1n) is 5.81. The van der Waals surface area contributed by atoms with E-state index in [1.54, 1.807) is 11.8 Å². The number of nitrogens with two attached hydrogens (primary N) is 1. The molecule has 1 aromatic carbocycles. The monoisotopic (exact) mass is 258 g/mol. The van der Waals surface area contributed by atoms with Crippen molar-refractivity contribution >= 4 is 28.6 Å². The number of fused-ring (bicyclic) bond motifs is 1. The van der Waals surface area contributed by atoms with E-state index in [1.807, 2.05) is 29.8 Å². The fourth-order valence-electron chi connectivity index (χ4n) is 2.00. The summed E-state index contributed by atoms with van der Waals surface area (Å²) in [5.41, 5.74) is 7.60. The lowest BCUT2D eigenvalue weighted by Crippen LogP contribution is -2.56. The molecule has 0 saturated carbocycles. The lowest BCUT2D eigenvalue weighted by Gasteiger charge is -2.37. The molecule has 2 N–H and O–H groups in total. The van der Waals surface area contributed by atoms with Gasteiger partial charge in [-0.15, -0.1) is 0 Å². The molecule has 1 saturated heterocycles. The van der Waals surface area contributed by atoms with Gasteiger partial charge in [-0.25, -0.2) is 4.98 Å². The predicted octanol–water partition coefficient (Wildman–Crippen LogP) is 2.01. The SMILES string of the molecule is C=CSc1ccc2nc(N3CC(N)C3)cnc2c1. The Morgan fingerprint density at radius 2 is 2.22 bits per heavy atom. The van der Waals surface area contributed by atoms with Crippen LogP contribution < -0.4 is 10.6 Å². The summed E-state index contributed by atoms with van der Waals surface area (Å²) >= 11 is 1.59. The molecular formula is C13H14N4S. The number of hydrogen-bond acceptors (Lipinski definition) is 5. The Hall–Kier alpha value is -1.59. The Morgan fingerprint density at radius 1 is 1.39 bits per heavy atom. The molecule has 18 heavy (non-hydrogen) atoms. The summed E-state index contributed by atoms with van der Waals surface area (Å²) in [5, 5.41) is 1.81. The lowest BCUT2D eigenvalue weighted by molar-refractivity contribution is 0.514. The third-order valence-electron chi connectivity index (χ3n) is 2.95. The average Bonchev–Trinajstić information content (AvgIpc) is 2.35. The molecule has 0 radical (unpaired) electrons. The fraction of sp³-hybridized carbons (Fsp3) is 0.231. The molecular weight excluding hydrogens is 244 g/mol. The van der Waals surface area contributed by atoms with Gasteiger partial charge in [-0.1, -0.05) is 18.3 Å². The maximum absolute atomic E-state index is 5.77. The molecule has 2 heterocycles. The highest BCUT2D eigenvalue weighted by molar-refractivity contribution is 8.02. The second-order valence-corrected chi connectivity index (χ2v) is 5.37. The second kappa shape index (κ2) is 4.59. The highest BCUT2D eigenvalue weighted by atomic mass is 32.2. The molecule has 1 aromatic heterocycles. The fourth-order valence-corrected chi connectivity index (χ4v) is 2.52. The van der Waals surface area contributed by atoms with Gasteiger partial charge in [0, 0.05) is 24.0 Å². The quantitative estimate of drug-likeness (QED) is 0.854. The van der Waals surface area contributed by atoms with Crippen molar-refractivity contribution in [2.24, 2.45) is 5.73 Å². The Labute approximate surface area is 110 Å². The zero-order valence-corrected chi connectivity index (χ0v) is 10.7. The van der Waals surface area contributed by atoms with Gasteiger partial charge >= 0.3 is 0 Å². The van der Waals surface area contributed by atoms with E-state index >= 15 is 0 Å². The molecule has 3 rings (SSSR count). The summed E-state index contributed by atoms with van der Waals surface area (Å²) < 4.78 is 0. The highest BCUT2D eigenvalue weighted by Crippen LogP contribution is 2.24. The minimum absolute atomic E-state index is 0.272. The van der Waals surface area contributed by atoms with Crippen molar-refractivity contribution in [2.75, 3.05) is 18.0 Å². The van der Waals surface area contributed by atoms with Crippen molar-refractivity contribution in [3.05, 3.63) is 36.4 Å². The molecule has 2 aromatic rings. The van der Waals surface area contributed by atoms with E-state index in [1.165, 1.54) is 0 Å². The first kappa shape index (κ1) is 11.5. The van der Waals surface area contributed by atoms with Crippen molar-refractivity contribution in [2.45, 2.75) is 10.9 Å². The molecule has 92 valence electrons. The van der Waals surface area contributed by atoms with Gasteiger partial charge in [0.15, 0.2) is 0 Å². The summed E-state index contributed by atoms with van der Waals surface area (Å²) in [7, 11) is 0. The number of anilines is 1. The van der Waals surface area contributed by atoms with Gasteiger partial charge in [0.2, 0.25) is 0 Å². The summed E-state index contributed by atoms with van der Waals surface area (Å²) in [4.78, 5) is 12.3. The van der Waals surface area contributed by atoms with Crippen LogP contribution >= 0.6 is 11.8 Å². The normalized spacial score (nSPS) is 15.7. The number of benzene rings is 1. The van der Waals surface area contributed by atoms with Crippen LogP contribution in [0, 0.1) is 0 Å². The topological polar surface area (TPSA) is 55.0 Å². The van der Waals surface area contributed by atoms with Crippen molar-refractivity contribution in [1.82, 2.24) is 9.97 Å². The molecule has 4 nitrogen and oxygen atoms in total. The van der Waals surface area contributed by atoms with Gasteiger partial charge in [0.25, 0.3) is 0 Å². The van der Waals surface area contributed by atoms with Crippen LogP contribution in [0.2, 0.25) is 0 Å². The second-order valence-electron chi connectivity index (χ2n) is 4.33. The zero-order chi connectivity index (χ0) is 12.5. The standard InChI is InChI=1S/C13H14N4S/c1-2-18-10-3-4-11-12(5-10)15-6-13(16-11)17-7-9(14)8-17/h2-6,9H,1,7-8,14H2. The van der Waals surface area contributed by atoms with Gasteiger partial charge in [0.1, 0.15) is 5.82 Å². The summed E-state index contributed by atoms with van der Waals surface area (Å²) in [5.74, 6) is 0.910. The first-order chi connectivity index (χ1) is 8.76. The number of nitrogens with zero attached hydrogens (tertiary/aromatic N) is 3. The molecule has 1 aliphatic heterocycles. The van der Waals surface area contributed by atoms with Crippen LogP contribution in [0.4, 0.5) is 5.82 Å². The number of aromatic nitrogens is 2. The molecule has 0 amide bonds. The van der Waals surface area contributed by atoms with Gasteiger partial charge < -0.3 is 10.6 Å². The van der Waals surface area contributed by atoms with Crippen LogP contribution in [-0.4, -0.2) is 29.1 Å². The van der Waals surface area contributed by atoms with Crippen LogP contribution in [0.3, 0.4) is 0 Å². The lowest BCUT2D eigenvalue weighted by atomic mass is 10.1. The van der Waals surface area contributed by atoms with Crippen LogP contribution in [-0.2, 0) is 0 Å². The van der Waals surface area contributed by atoms with Crippen molar-refractivity contribution in [3.63, 3.8) is 0 Å². The molecule has 0 atom stereocenters. The molecule has 0 spiro atoms. The van der Waals surface area contributed by atoms with Crippen LogP contribution in [0.25, 0.3) is 11.0 Å². The minimum Gasteiger partial charge on any atom is -0.352 e. The molecule has 0 aliphatic carbocycles. The zero-order valence-electron chi connectivity index (χ0n) is 9.91. The Kier molecular flexibility index (Phi) is 2.93. The average molecular weight is 258 g/mol. The molecule has 0 bridgehead atoms. The summed E-state index contributed by atoms with van der Waals surface area (Å²) in [6, 6.07) is 6.33. The summed E-state index contributed by atoms with van der Waals surface area (Å²) in [6.45, 7) is 5.44. The van der Waals surface area contributed by atoms with E-state index in [9.17, 15) is 0 Å². The highest BCUT2D eigenvalue weighted by Gasteiger charge is 2.24. The van der Waals surface area contributed by atoms with Crippen molar-refractivity contribution < 1.29 is 0 Å². The maximum Gasteiger partial charge on any atom is 0.147 e. The number of rotatable bonds is 3. The predicted molar refractivity (Wildman–Crippen MR) is 75.8 cm³/mol. The first-order valence-corrected chi connectivity index (χ1v) is 6.69. The van der Waals surface area contributed by atoms with Gasteiger partial charge in [0.05, 0.1) is 17.2 Å². The van der Waals surface area contributed by atoms with Gasteiger partial charge in [-0.05, 0) is 23.6 Å². The van der Waals surface area contributed by atoms with E-state index < -0.39 is 0 Å². The number of thioether (sulfide) groups is 1. The van der Waals surface area contributed by atoms with Crippen LogP contribution in [0.1, 0.15) is 0 Å². The van der Waals surface area contributed by atoms with Crippen molar-refractivity contribution in [3.8, 4) is 0 Å². The Balaban J connectivity index is 1.93. The van der Waals surface area contributed by atoms with Crippen LogP contribution in [0.15, 0.2) is 41.3 Å². The molecule has 1 aliphatic rings. The van der Waals surface area contributed by atoms with Crippen molar-refractivity contribution in [1.29, 1.82) is 0 Å². The van der Waals surface area contributed by atoms with E-state index in [4.69, 9.17) is 5.73 Å².